The van der Waals surface area contributed by atoms with Gasteiger partial charge in [0.1, 0.15) is 0 Å². The van der Waals surface area contributed by atoms with E-state index in [1.165, 1.54) is 12.1 Å². The van der Waals surface area contributed by atoms with Crippen molar-refractivity contribution in [3.05, 3.63) is 24.3 Å². The Morgan fingerprint density at radius 3 is 2.43 bits per heavy atom. The molecule has 0 spiro atoms. The zero-order chi connectivity index (χ0) is 15.3. The number of carbonyl (C=O) groups excluding carboxylic acids is 1. The van der Waals surface area contributed by atoms with Crippen LogP contribution in [0.5, 0.6) is 0 Å². The molecule has 1 saturated carbocycles. The fourth-order valence-corrected chi connectivity index (χ4v) is 3.16. The first kappa shape index (κ1) is 15.9. The van der Waals surface area contributed by atoms with Gasteiger partial charge in [0.25, 0.3) is 0 Å². The van der Waals surface area contributed by atoms with Crippen LogP contribution in [0.3, 0.4) is 0 Å². The number of anilines is 1. The van der Waals surface area contributed by atoms with Gasteiger partial charge < -0.3 is 11.1 Å². The summed E-state index contributed by atoms with van der Waals surface area (Å²) in [6.07, 6.45) is 3.78. The number of sulfonamides is 1. The van der Waals surface area contributed by atoms with Crippen molar-refractivity contribution in [2.45, 2.75) is 43.0 Å². The van der Waals surface area contributed by atoms with Gasteiger partial charge in [0.05, 0.1) is 4.90 Å². The second-order valence-corrected chi connectivity index (χ2v) is 6.93. The highest BCUT2D eigenvalue weighted by atomic mass is 32.2. The maximum Gasteiger partial charge on any atom is 0.240 e. The van der Waals surface area contributed by atoms with Crippen LogP contribution in [0.25, 0.3) is 0 Å². The van der Waals surface area contributed by atoms with Crippen molar-refractivity contribution in [1.29, 1.82) is 0 Å². The van der Waals surface area contributed by atoms with Crippen molar-refractivity contribution in [3.63, 3.8) is 0 Å². The lowest BCUT2D eigenvalue weighted by Gasteiger charge is -2.08. The van der Waals surface area contributed by atoms with Gasteiger partial charge in [-0.15, -0.1) is 0 Å². The molecule has 1 aromatic rings. The molecule has 0 radical (unpaired) electrons. The Labute approximate surface area is 125 Å². The molecule has 1 aliphatic rings. The summed E-state index contributed by atoms with van der Waals surface area (Å²) in [7, 11) is -3.44. The highest BCUT2D eigenvalue weighted by Crippen LogP contribution is 2.22. The summed E-state index contributed by atoms with van der Waals surface area (Å²) in [5.74, 6) is -0.0878. The first-order valence-corrected chi connectivity index (χ1v) is 8.62. The molecule has 0 aromatic heterocycles. The highest BCUT2D eigenvalue weighted by molar-refractivity contribution is 7.89. The first-order chi connectivity index (χ1) is 10.0. The molecule has 2 rings (SSSR count). The summed E-state index contributed by atoms with van der Waals surface area (Å²) in [5.41, 5.74) is 5.96. The number of hydrogen-bond donors (Lipinski definition) is 3. The van der Waals surface area contributed by atoms with Gasteiger partial charge in [-0.1, -0.05) is 0 Å². The Kier molecular flexibility index (Phi) is 5.33. The molecule has 1 aliphatic carbocycles. The number of carbonyl (C=O) groups is 1. The molecule has 1 aromatic carbocycles. The predicted octanol–water partition coefficient (Wildman–Crippen LogP) is 1.19. The van der Waals surface area contributed by atoms with E-state index in [-0.39, 0.29) is 16.8 Å². The summed E-state index contributed by atoms with van der Waals surface area (Å²) in [5, 5.41) is 2.74. The van der Waals surface area contributed by atoms with E-state index in [9.17, 15) is 13.2 Å². The molecule has 0 bridgehead atoms. The van der Waals surface area contributed by atoms with Gasteiger partial charge in [-0.25, -0.2) is 13.1 Å². The van der Waals surface area contributed by atoms with Crippen LogP contribution in [0, 0.1) is 0 Å². The summed E-state index contributed by atoms with van der Waals surface area (Å²) < 4.78 is 26.6. The molecule has 0 aliphatic heterocycles. The van der Waals surface area contributed by atoms with E-state index in [4.69, 9.17) is 5.73 Å². The fourth-order valence-electron chi connectivity index (χ4n) is 1.86. The molecule has 1 amide bonds. The second kappa shape index (κ2) is 7.02. The zero-order valence-corrected chi connectivity index (χ0v) is 12.7. The number of amides is 1. The summed E-state index contributed by atoms with van der Waals surface area (Å²) in [6.45, 7) is 0.577. The van der Waals surface area contributed by atoms with Crippen molar-refractivity contribution in [1.82, 2.24) is 4.72 Å². The Morgan fingerprint density at radius 2 is 1.86 bits per heavy atom. The van der Waals surface area contributed by atoms with Gasteiger partial charge in [0, 0.05) is 18.2 Å². The lowest BCUT2D eigenvalue weighted by molar-refractivity contribution is -0.116. The van der Waals surface area contributed by atoms with Crippen LogP contribution in [0.1, 0.15) is 32.1 Å². The maximum atomic E-state index is 12.0. The van der Waals surface area contributed by atoms with Gasteiger partial charge in [-0.2, -0.15) is 0 Å². The number of hydrogen-bond acceptors (Lipinski definition) is 4. The van der Waals surface area contributed by atoms with E-state index >= 15 is 0 Å². The van der Waals surface area contributed by atoms with Crippen LogP contribution in [-0.2, 0) is 14.8 Å². The summed E-state index contributed by atoms with van der Waals surface area (Å²) in [6, 6.07) is 6.28. The molecule has 0 atom stereocenters. The average molecular weight is 311 g/mol. The van der Waals surface area contributed by atoms with E-state index < -0.39 is 10.0 Å². The van der Waals surface area contributed by atoms with Crippen LogP contribution in [-0.4, -0.2) is 26.9 Å². The van der Waals surface area contributed by atoms with Crippen LogP contribution in [0.15, 0.2) is 29.2 Å². The Morgan fingerprint density at radius 1 is 1.19 bits per heavy atom. The number of benzene rings is 1. The van der Waals surface area contributed by atoms with E-state index in [1.807, 2.05) is 0 Å². The molecule has 6 nitrogen and oxygen atoms in total. The van der Waals surface area contributed by atoms with Crippen molar-refractivity contribution in [3.8, 4) is 0 Å². The minimum absolute atomic E-state index is 0.0805. The van der Waals surface area contributed by atoms with Gasteiger partial charge in [-0.05, 0) is 56.5 Å². The molecule has 0 heterocycles. The monoisotopic (exact) mass is 311 g/mol. The lowest BCUT2D eigenvalue weighted by atomic mass is 10.2. The number of nitrogens with two attached hydrogens (primary N) is 1. The molecular weight excluding hydrogens is 290 g/mol. The van der Waals surface area contributed by atoms with E-state index in [0.717, 1.165) is 25.7 Å². The molecule has 0 saturated heterocycles. The lowest BCUT2D eigenvalue weighted by Crippen LogP contribution is -2.25. The van der Waals surface area contributed by atoms with E-state index in [1.54, 1.807) is 12.1 Å². The van der Waals surface area contributed by atoms with Crippen molar-refractivity contribution < 1.29 is 13.2 Å². The number of rotatable bonds is 8. The predicted molar refractivity (Wildman–Crippen MR) is 81.3 cm³/mol. The number of unbranched alkanes of at least 4 members (excludes halogenated alkanes) is 1. The maximum absolute atomic E-state index is 12.0. The summed E-state index contributed by atoms with van der Waals surface area (Å²) >= 11 is 0. The smallest absolute Gasteiger partial charge is 0.240 e. The molecule has 1 fully saturated rings. The second-order valence-electron chi connectivity index (χ2n) is 5.21. The van der Waals surface area contributed by atoms with Gasteiger partial charge in [0.2, 0.25) is 15.9 Å². The zero-order valence-electron chi connectivity index (χ0n) is 11.8. The van der Waals surface area contributed by atoms with Crippen molar-refractivity contribution in [2.24, 2.45) is 5.73 Å². The third-order valence-corrected chi connectivity index (χ3v) is 4.74. The van der Waals surface area contributed by atoms with Gasteiger partial charge >= 0.3 is 0 Å². The molecule has 21 heavy (non-hydrogen) atoms. The SMILES string of the molecule is NCCCCC(=O)Nc1ccc(S(=O)(=O)NC2CC2)cc1. The topological polar surface area (TPSA) is 101 Å². The van der Waals surface area contributed by atoms with Gasteiger partial charge in [-0.3, -0.25) is 4.79 Å². The minimum Gasteiger partial charge on any atom is -0.330 e. The van der Waals surface area contributed by atoms with Crippen LogP contribution in [0.2, 0.25) is 0 Å². The van der Waals surface area contributed by atoms with Crippen molar-refractivity contribution in [2.75, 3.05) is 11.9 Å². The Hall–Kier alpha value is -1.44. The fraction of sp³-hybridized carbons (Fsp3) is 0.500. The Bertz CT molecular complexity index is 580. The molecule has 7 heteroatoms. The normalized spacial score (nSPS) is 14.9. The minimum atomic E-state index is -3.44. The molecular formula is C14H21N3O3S. The molecule has 0 unspecified atom stereocenters. The van der Waals surface area contributed by atoms with E-state index in [0.29, 0.717) is 18.7 Å². The number of nitrogens with one attached hydrogen (secondary N) is 2. The molecule has 4 N–H and O–H groups in total. The Balaban J connectivity index is 1.90. The summed E-state index contributed by atoms with van der Waals surface area (Å²) in [4.78, 5) is 11.9. The first-order valence-electron chi connectivity index (χ1n) is 7.13. The van der Waals surface area contributed by atoms with Crippen LogP contribution >= 0.6 is 0 Å². The third-order valence-electron chi connectivity index (χ3n) is 3.21. The average Bonchev–Trinajstić information content (AvgIpc) is 3.23. The van der Waals surface area contributed by atoms with Crippen LogP contribution < -0.4 is 15.8 Å². The quantitative estimate of drug-likeness (QED) is 0.628. The van der Waals surface area contributed by atoms with Gasteiger partial charge in [0.15, 0.2) is 0 Å². The molecule has 116 valence electrons. The largest absolute Gasteiger partial charge is 0.330 e. The highest BCUT2D eigenvalue weighted by Gasteiger charge is 2.27. The standard InChI is InChI=1S/C14H21N3O3S/c15-10-2-1-3-14(18)16-11-6-8-13(9-7-11)21(19,20)17-12-4-5-12/h6-9,12,17H,1-5,10,15H2,(H,16,18). The van der Waals surface area contributed by atoms with Crippen LogP contribution in [0.4, 0.5) is 5.69 Å². The van der Waals surface area contributed by atoms with E-state index in [2.05, 4.69) is 10.0 Å². The van der Waals surface area contributed by atoms with Crippen molar-refractivity contribution >= 4 is 21.6 Å². The third kappa shape index (κ3) is 5.11.